The van der Waals surface area contributed by atoms with Gasteiger partial charge in [-0.1, -0.05) is 42.5 Å². The number of guanidine groups is 1. The Kier molecular flexibility index (Phi) is 7.24. The predicted octanol–water partition coefficient (Wildman–Crippen LogP) is 3.92. The molecule has 7 heteroatoms. The molecule has 1 aromatic heterocycles. The summed E-state index contributed by atoms with van der Waals surface area (Å²) < 4.78 is 0. The second-order valence-corrected chi connectivity index (χ2v) is 6.94. The second-order valence-electron chi connectivity index (χ2n) is 6.94. The molecular formula is C21H27IN6. The summed E-state index contributed by atoms with van der Waals surface area (Å²) in [4.78, 5) is 11.6. The van der Waals surface area contributed by atoms with Gasteiger partial charge in [0.05, 0.1) is 6.54 Å². The van der Waals surface area contributed by atoms with Gasteiger partial charge in [-0.25, -0.2) is 9.98 Å². The lowest BCUT2D eigenvalue weighted by atomic mass is 9.96. The van der Waals surface area contributed by atoms with Gasteiger partial charge in [-0.3, -0.25) is 5.10 Å². The van der Waals surface area contributed by atoms with Crippen molar-refractivity contribution in [3.8, 4) is 0 Å². The van der Waals surface area contributed by atoms with Crippen LogP contribution in [-0.4, -0.2) is 45.7 Å². The Balaban J connectivity index is 0.00000225. The van der Waals surface area contributed by atoms with Gasteiger partial charge in [-0.05, 0) is 36.1 Å². The predicted molar refractivity (Wildman–Crippen MR) is 124 cm³/mol. The molecule has 1 fully saturated rings. The van der Waals surface area contributed by atoms with Crippen molar-refractivity contribution < 1.29 is 0 Å². The number of nitrogens with zero attached hydrogens (tertiary/aromatic N) is 4. The Bertz CT molecular complexity index is 895. The molecule has 1 aliphatic heterocycles. The third-order valence-electron chi connectivity index (χ3n) is 5.23. The zero-order valence-electron chi connectivity index (χ0n) is 16.1. The van der Waals surface area contributed by atoms with Crippen LogP contribution in [0.4, 0.5) is 0 Å². The van der Waals surface area contributed by atoms with Crippen molar-refractivity contribution in [2.24, 2.45) is 4.99 Å². The topological polar surface area (TPSA) is 69.2 Å². The maximum Gasteiger partial charge on any atom is 0.194 e. The second kappa shape index (κ2) is 9.86. The Morgan fingerprint density at radius 2 is 1.96 bits per heavy atom. The van der Waals surface area contributed by atoms with E-state index in [0.29, 0.717) is 12.5 Å². The highest BCUT2D eigenvalue weighted by Gasteiger charge is 2.24. The van der Waals surface area contributed by atoms with E-state index in [1.807, 2.05) is 0 Å². The van der Waals surface area contributed by atoms with Crippen LogP contribution in [0.3, 0.4) is 0 Å². The maximum absolute atomic E-state index is 4.94. The van der Waals surface area contributed by atoms with E-state index in [1.165, 1.54) is 16.3 Å². The molecule has 0 unspecified atom stereocenters. The lowest BCUT2D eigenvalue weighted by Crippen LogP contribution is -2.45. The van der Waals surface area contributed by atoms with E-state index in [-0.39, 0.29) is 24.0 Å². The van der Waals surface area contributed by atoms with Crippen LogP contribution >= 0.6 is 24.0 Å². The fourth-order valence-corrected chi connectivity index (χ4v) is 3.79. The van der Waals surface area contributed by atoms with E-state index in [0.717, 1.165) is 44.3 Å². The zero-order valence-corrected chi connectivity index (χ0v) is 18.5. The van der Waals surface area contributed by atoms with Gasteiger partial charge in [-0.2, -0.15) is 5.10 Å². The van der Waals surface area contributed by atoms with Crippen LogP contribution in [0.5, 0.6) is 0 Å². The first-order valence-electron chi connectivity index (χ1n) is 9.70. The van der Waals surface area contributed by atoms with Gasteiger partial charge in [0.15, 0.2) is 5.96 Å². The third kappa shape index (κ3) is 4.63. The van der Waals surface area contributed by atoms with Gasteiger partial charge in [-0.15, -0.1) is 24.0 Å². The molecule has 1 saturated heterocycles. The largest absolute Gasteiger partial charge is 0.357 e. The molecule has 2 heterocycles. The molecule has 148 valence electrons. The number of piperidine rings is 1. The summed E-state index contributed by atoms with van der Waals surface area (Å²) in [7, 11) is 0. The number of fused-ring (bicyclic) bond motifs is 1. The quantitative estimate of drug-likeness (QED) is 0.331. The zero-order chi connectivity index (χ0) is 18.5. The van der Waals surface area contributed by atoms with Crippen LogP contribution in [0.15, 0.2) is 53.8 Å². The van der Waals surface area contributed by atoms with Crippen molar-refractivity contribution in [1.82, 2.24) is 25.4 Å². The number of aromatic nitrogens is 3. The van der Waals surface area contributed by atoms with Crippen molar-refractivity contribution in [1.29, 1.82) is 0 Å². The van der Waals surface area contributed by atoms with Crippen molar-refractivity contribution in [3.05, 3.63) is 60.2 Å². The summed E-state index contributed by atoms with van der Waals surface area (Å²) in [6, 6.07) is 14.9. The molecule has 0 amide bonds. The van der Waals surface area contributed by atoms with Gasteiger partial charge >= 0.3 is 0 Å². The van der Waals surface area contributed by atoms with E-state index in [1.54, 1.807) is 6.33 Å². The molecule has 1 aliphatic rings. The third-order valence-corrected chi connectivity index (χ3v) is 5.23. The Morgan fingerprint density at radius 1 is 1.18 bits per heavy atom. The summed E-state index contributed by atoms with van der Waals surface area (Å²) in [5.41, 5.74) is 1.26. The molecule has 4 rings (SSSR count). The van der Waals surface area contributed by atoms with E-state index >= 15 is 0 Å². The van der Waals surface area contributed by atoms with Crippen LogP contribution in [-0.2, 0) is 6.54 Å². The van der Waals surface area contributed by atoms with Crippen molar-refractivity contribution in [2.75, 3.05) is 19.6 Å². The van der Waals surface area contributed by atoms with Crippen LogP contribution < -0.4 is 5.32 Å². The number of rotatable bonds is 4. The fraction of sp³-hybridized carbons (Fsp3) is 0.381. The number of aromatic amines is 1. The fourth-order valence-electron chi connectivity index (χ4n) is 3.79. The van der Waals surface area contributed by atoms with Gasteiger partial charge in [0.25, 0.3) is 0 Å². The van der Waals surface area contributed by atoms with Gasteiger partial charge < -0.3 is 10.2 Å². The normalized spacial score (nSPS) is 15.5. The number of aliphatic imine (C=N–C) groups is 1. The highest BCUT2D eigenvalue weighted by Crippen LogP contribution is 2.25. The highest BCUT2D eigenvalue weighted by molar-refractivity contribution is 14.0. The molecular weight excluding hydrogens is 463 g/mol. The van der Waals surface area contributed by atoms with Gasteiger partial charge in [0, 0.05) is 25.6 Å². The minimum Gasteiger partial charge on any atom is -0.357 e. The molecule has 0 saturated carbocycles. The molecule has 2 aromatic carbocycles. The number of likely N-dealkylation sites (tertiary alicyclic amines) is 1. The molecule has 28 heavy (non-hydrogen) atoms. The van der Waals surface area contributed by atoms with Crippen molar-refractivity contribution >= 4 is 40.7 Å². The monoisotopic (exact) mass is 490 g/mol. The molecule has 2 N–H and O–H groups in total. The smallest absolute Gasteiger partial charge is 0.194 e. The Hall–Kier alpha value is -2.16. The molecule has 6 nitrogen and oxygen atoms in total. The number of halogens is 1. The van der Waals surface area contributed by atoms with Crippen LogP contribution in [0.1, 0.15) is 37.1 Å². The highest BCUT2D eigenvalue weighted by atomic mass is 127. The maximum atomic E-state index is 4.94. The first-order valence-corrected chi connectivity index (χ1v) is 9.70. The Labute approximate surface area is 182 Å². The summed E-state index contributed by atoms with van der Waals surface area (Å²) >= 11 is 0. The SMILES string of the molecule is CCNC(=NCc1cccc2ccccc12)N1CCC(c2ncn[nH]2)CC1.I. The average molecular weight is 490 g/mol. The molecule has 0 spiro atoms. The van der Waals surface area contributed by atoms with E-state index in [9.17, 15) is 0 Å². The van der Waals surface area contributed by atoms with Crippen LogP contribution in [0.2, 0.25) is 0 Å². The standard InChI is InChI=1S/C21H26N6.HI/c1-2-22-21(27-12-10-17(11-13-27)20-24-15-25-26-20)23-14-18-8-5-7-16-6-3-4-9-19(16)18;/h3-9,15,17H,2,10-14H2,1H3,(H,22,23)(H,24,25,26);1H. The Morgan fingerprint density at radius 3 is 2.71 bits per heavy atom. The number of nitrogens with one attached hydrogen (secondary N) is 2. The van der Waals surface area contributed by atoms with E-state index in [2.05, 4.69) is 74.8 Å². The van der Waals surface area contributed by atoms with Gasteiger partial charge in [0.2, 0.25) is 0 Å². The summed E-state index contributed by atoms with van der Waals surface area (Å²) in [5.74, 6) is 2.47. The molecule has 0 atom stereocenters. The lowest BCUT2D eigenvalue weighted by Gasteiger charge is -2.33. The van der Waals surface area contributed by atoms with Gasteiger partial charge in [0.1, 0.15) is 12.2 Å². The number of hydrogen-bond acceptors (Lipinski definition) is 3. The first-order chi connectivity index (χ1) is 13.3. The first kappa shape index (κ1) is 20.6. The lowest BCUT2D eigenvalue weighted by molar-refractivity contribution is 0.299. The summed E-state index contributed by atoms with van der Waals surface area (Å²) in [6.45, 7) is 5.64. The van der Waals surface area contributed by atoms with E-state index < -0.39 is 0 Å². The minimum atomic E-state index is 0. The van der Waals surface area contributed by atoms with Crippen molar-refractivity contribution in [3.63, 3.8) is 0 Å². The average Bonchev–Trinajstić information content (AvgIpc) is 3.26. The number of hydrogen-bond donors (Lipinski definition) is 2. The molecule has 3 aromatic rings. The summed E-state index contributed by atoms with van der Waals surface area (Å²) in [6.07, 6.45) is 3.72. The van der Waals surface area contributed by atoms with Crippen molar-refractivity contribution in [2.45, 2.75) is 32.2 Å². The molecule has 0 bridgehead atoms. The van der Waals surface area contributed by atoms with Crippen LogP contribution in [0.25, 0.3) is 10.8 Å². The molecule has 0 aliphatic carbocycles. The van der Waals surface area contributed by atoms with Crippen LogP contribution in [0, 0.1) is 0 Å². The summed E-state index contributed by atoms with van der Waals surface area (Å²) in [5, 5.41) is 13.0. The number of benzene rings is 2. The number of H-pyrrole nitrogens is 1. The van der Waals surface area contributed by atoms with E-state index in [4.69, 9.17) is 4.99 Å². The molecule has 0 radical (unpaired) electrons. The minimum absolute atomic E-state index is 0.